The molecule has 4 nitrogen and oxygen atoms in total. The van der Waals surface area contributed by atoms with Gasteiger partial charge in [0.2, 0.25) is 0 Å². The topological polar surface area (TPSA) is 34.0 Å². The summed E-state index contributed by atoms with van der Waals surface area (Å²) in [6, 6.07) is 2.12. The first-order valence-corrected chi connectivity index (χ1v) is 7.28. The number of pyridine rings is 1. The Morgan fingerprint density at radius 3 is 2.89 bits per heavy atom. The van der Waals surface area contributed by atoms with Crippen molar-refractivity contribution in [3.63, 3.8) is 0 Å². The Labute approximate surface area is 121 Å². The summed E-state index contributed by atoms with van der Waals surface area (Å²) in [5.74, 6) is 1.61. The predicted octanol–water partition coefficient (Wildman–Crippen LogP) is 2.88. The number of hydrogen-bond acceptors (Lipinski definition) is 3. The van der Waals surface area contributed by atoms with Crippen LogP contribution in [0.2, 0.25) is 0 Å². The summed E-state index contributed by atoms with van der Waals surface area (Å²) in [6.45, 7) is 4.12. The molecule has 100 valence electrons. The first-order valence-electron chi connectivity index (χ1n) is 6.49. The Morgan fingerprint density at radius 1 is 1.37 bits per heavy atom. The molecular weight excluding hydrogens is 304 g/mol. The average Bonchev–Trinajstić information content (AvgIpc) is 2.97. The lowest BCUT2D eigenvalue weighted by Crippen LogP contribution is -2.20. The Hall–Kier alpha value is -1.36. The van der Waals surface area contributed by atoms with E-state index in [9.17, 15) is 0 Å². The molecule has 0 amide bonds. The molecule has 2 aromatic rings. The quantitative estimate of drug-likeness (QED) is 0.853. The van der Waals surface area contributed by atoms with Gasteiger partial charge in [0.1, 0.15) is 5.82 Å². The summed E-state index contributed by atoms with van der Waals surface area (Å²) in [5.41, 5.74) is 2.51. The van der Waals surface area contributed by atoms with E-state index in [1.54, 1.807) is 0 Å². The average molecular weight is 321 g/mol. The van der Waals surface area contributed by atoms with Crippen LogP contribution < -0.4 is 4.90 Å². The Morgan fingerprint density at radius 2 is 2.21 bits per heavy atom. The van der Waals surface area contributed by atoms with Crippen molar-refractivity contribution in [1.29, 1.82) is 0 Å². The summed E-state index contributed by atoms with van der Waals surface area (Å²) >= 11 is 3.62. The lowest BCUT2D eigenvalue weighted by Gasteiger charge is -2.18. The van der Waals surface area contributed by atoms with Crippen LogP contribution in [0.5, 0.6) is 0 Å². The second kappa shape index (κ2) is 4.96. The minimum Gasteiger partial charge on any atom is -0.355 e. The molecule has 1 aliphatic rings. The number of aromatic nitrogens is 3. The van der Waals surface area contributed by atoms with Crippen molar-refractivity contribution in [2.45, 2.75) is 19.3 Å². The van der Waals surface area contributed by atoms with Crippen molar-refractivity contribution in [2.75, 3.05) is 18.0 Å². The third-order valence-electron chi connectivity index (χ3n) is 3.64. The lowest BCUT2D eigenvalue weighted by atomic mass is 10.0. The summed E-state index contributed by atoms with van der Waals surface area (Å²) in [6.07, 6.45) is 7.18. The van der Waals surface area contributed by atoms with E-state index < -0.39 is 0 Å². The maximum atomic E-state index is 4.55. The van der Waals surface area contributed by atoms with Gasteiger partial charge in [-0.25, -0.2) is 4.98 Å². The van der Waals surface area contributed by atoms with E-state index in [-0.39, 0.29) is 0 Å². The molecule has 1 fully saturated rings. The SMILES string of the molecule is Cc1cnc(N2CC[C@H](c3cnn(C)c3)C2)c(Br)c1. The molecule has 1 saturated heterocycles. The van der Waals surface area contributed by atoms with Crippen LogP contribution in [0.4, 0.5) is 5.82 Å². The highest BCUT2D eigenvalue weighted by atomic mass is 79.9. The Kier molecular flexibility index (Phi) is 3.31. The first-order chi connectivity index (χ1) is 9.13. The molecule has 0 aromatic carbocycles. The smallest absolute Gasteiger partial charge is 0.142 e. The molecule has 0 bridgehead atoms. The van der Waals surface area contributed by atoms with Gasteiger partial charge in [0.15, 0.2) is 0 Å². The van der Waals surface area contributed by atoms with Gasteiger partial charge in [0.25, 0.3) is 0 Å². The summed E-state index contributed by atoms with van der Waals surface area (Å²) in [5, 5.41) is 4.26. The van der Waals surface area contributed by atoms with Gasteiger partial charge in [-0.3, -0.25) is 4.68 Å². The van der Waals surface area contributed by atoms with Gasteiger partial charge < -0.3 is 4.90 Å². The number of rotatable bonds is 2. The molecule has 0 radical (unpaired) electrons. The van der Waals surface area contributed by atoms with Gasteiger partial charge in [-0.2, -0.15) is 5.10 Å². The van der Waals surface area contributed by atoms with Crippen molar-refractivity contribution >= 4 is 21.7 Å². The third-order valence-corrected chi connectivity index (χ3v) is 4.23. The molecule has 0 aliphatic carbocycles. The van der Waals surface area contributed by atoms with E-state index in [0.29, 0.717) is 5.92 Å². The molecule has 1 atom stereocenters. The normalized spacial score (nSPS) is 19.1. The summed E-state index contributed by atoms with van der Waals surface area (Å²) in [4.78, 5) is 6.90. The molecule has 0 N–H and O–H groups in total. The Bertz CT molecular complexity index is 593. The number of anilines is 1. The maximum absolute atomic E-state index is 4.55. The molecule has 0 saturated carbocycles. The van der Waals surface area contributed by atoms with E-state index in [1.807, 2.05) is 24.1 Å². The monoisotopic (exact) mass is 320 g/mol. The molecule has 1 aliphatic heterocycles. The number of nitrogens with zero attached hydrogens (tertiary/aromatic N) is 4. The Balaban J connectivity index is 1.78. The third kappa shape index (κ3) is 2.52. The second-order valence-corrected chi connectivity index (χ2v) is 6.05. The molecule has 2 aromatic heterocycles. The van der Waals surface area contributed by atoms with Crippen LogP contribution in [0, 0.1) is 6.92 Å². The van der Waals surface area contributed by atoms with Crippen LogP contribution >= 0.6 is 15.9 Å². The van der Waals surface area contributed by atoms with Crippen LogP contribution in [-0.4, -0.2) is 27.9 Å². The predicted molar refractivity (Wildman–Crippen MR) is 79.5 cm³/mol. The van der Waals surface area contributed by atoms with Crippen molar-refractivity contribution in [3.8, 4) is 0 Å². The fraction of sp³-hybridized carbons (Fsp3) is 0.429. The zero-order valence-electron chi connectivity index (χ0n) is 11.2. The van der Waals surface area contributed by atoms with Crippen LogP contribution in [-0.2, 0) is 7.05 Å². The zero-order valence-corrected chi connectivity index (χ0v) is 12.8. The number of hydrogen-bond donors (Lipinski definition) is 0. The van der Waals surface area contributed by atoms with Gasteiger partial charge in [-0.15, -0.1) is 0 Å². The number of halogens is 1. The molecule has 3 rings (SSSR count). The standard InChI is InChI=1S/C14H17BrN4/c1-10-5-13(15)14(16-6-10)19-4-3-11(9-19)12-7-17-18(2)8-12/h5-8,11H,3-4,9H2,1-2H3/t11-/m0/s1. The first kappa shape index (κ1) is 12.7. The van der Waals surface area contributed by atoms with Gasteiger partial charge in [-0.05, 0) is 46.5 Å². The van der Waals surface area contributed by atoms with Crippen molar-refractivity contribution in [1.82, 2.24) is 14.8 Å². The van der Waals surface area contributed by atoms with Gasteiger partial charge in [0.05, 0.1) is 10.7 Å². The van der Waals surface area contributed by atoms with Gasteiger partial charge in [0, 0.05) is 38.4 Å². The highest BCUT2D eigenvalue weighted by Crippen LogP contribution is 2.33. The fourth-order valence-electron chi connectivity index (χ4n) is 2.63. The minimum atomic E-state index is 0.559. The highest BCUT2D eigenvalue weighted by molar-refractivity contribution is 9.10. The lowest BCUT2D eigenvalue weighted by molar-refractivity contribution is 0.754. The van der Waals surface area contributed by atoms with E-state index in [0.717, 1.165) is 29.8 Å². The van der Waals surface area contributed by atoms with Crippen LogP contribution in [0.1, 0.15) is 23.5 Å². The van der Waals surface area contributed by atoms with E-state index in [4.69, 9.17) is 0 Å². The summed E-state index contributed by atoms with van der Waals surface area (Å²) < 4.78 is 2.96. The van der Waals surface area contributed by atoms with E-state index in [2.05, 4.69) is 50.1 Å². The molecule has 0 unspecified atom stereocenters. The van der Waals surface area contributed by atoms with Gasteiger partial charge >= 0.3 is 0 Å². The molecular formula is C14H17BrN4. The fourth-order valence-corrected chi connectivity index (χ4v) is 3.35. The van der Waals surface area contributed by atoms with E-state index >= 15 is 0 Å². The second-order valence-electron chi connectivity index (χ2n) is 5.20. The zero-order chi connectivity index (χ0) is 13.4. The highest BCUT2D eigenvalue weighted by Gasteiger charge is 2.26. The van der Waals surface area contributed by atoms with Crippen LogP contribution in [0.3, 0.4) is 0 Å². The maximum Gasteiger partial charge on any atom is 0.142 e. The van der Waals surface area contributed by atoms with Crippen LogP contribution in [0.25, 0.3) is 0 Å². The largest absolute Gasteiger partial charge is 0.355 e. The molecule has 3 heterocycles. The van der Waals surface area contributed by atoms with Crippen molar-refractivity contribution in [3.05, 3.63) is 40.3 Å². The molecule has 19 heavy (non-hydrogen) atoms. The minimum absolute atomic E-state index is 0.559. The summed E-state index contributed by atoms with van der Waals surface area (Å²) in [7, 11) is 1.97. The number of aryl methyl sites for hydroxylation is 2. The van der Waals surface area contributed by atoms with Gasteiger partial charge in [-0.1, -0.05) is 0 Å². The van der Waals surface area contributed by atoms with E-state index in [1.165, 1.54) is 11.1 Å². The van der Waals surface area contributed by atoms with Crippen molar-refractivity contribution < 1.29 is 0 Å². The van der Waals surface area contributed by atoms with Crippen molar-refractivity contribution in [2.24, 2.45) is 7.05 Å². The van der Waals surface area contributed by atoms with Crippen LogP contribution in [0.15, 0.2) is 29.1 Å². The molecule has 5 heteroatoms. The molecule has 0 spiro atoms.